The molecule has 0 bridgehead atoms. The van der Waals surface area contributed by atoms with Gasteiger partial charge in [0.2, 0.25) is 0 Å². The first-order chi connectivity index (χ1) is 6.25. The van der Waals surface area contributed by atoms with E-state index in [1.54, 1.807) is 24.3 Å². The average molecular weight is 181 g/mol. The Bertz CT molecular complexity index is 301. The van der Waals surface area contributed by atoms with E-state index in [4.69, 9.17) is 16.3 Å². The number of carbonyl (C=O) groups is 1. The largest absolute Gasteiger partial charge is 0.476 e. The molecule has 0 heterocycles. The summed E-state index contributed by atoms with van der Waals surface area (Å²) in [5.41, 5.74) is 7.77. The molecule has 1 aromatic rings. The maximum absolute atomic E-state index is 10.9. The molecule has 0 unspecified atom stereocenters. The smallest absolute Gasteiger partial charge is 0.252 e. The van der Waals surface area contributed by atoms with E-state index in [1.165, 1.54) is 0 Å². The van der Waals surface area contributed by atoms with Gasteiger partial charge in [0, 0.05) is 0 Å². The predicted octanol–water partition coefficient (Wildman–Crippen LogP) is -0.415. The highest BCUT2D eigenvalue weighted by atomic mass is 16.5. The Hall–Kier alpha value is -1.59. The SMILES string of the molecule is NNCOc1ccccc1C(N)=O. The highest BCUT2D eigenvalue weighted by molar-refractivity contribution is 5.95. The fraction of sp³-hybridized carbons (Fsp3) is 0.125. The van der Waals surface area contributed by atoms with Crippen molar-refractivity contribution in [1.82, 2.24) is 5.43 Å². The van der Waals surface area contributed by atoms with Crippen LogP contribution in [-0.2, 0) is 0 Å². The summed E-state index contributed by atoms with van der Waals surface area (Å²) in [6, 6.07) is 6.70. The van der Waals surface area contributed by atoms with Gasteiger partial charge in [0.15, 0.2) is 6.73 Å². The molecule has 0 fully saturated rings. The highest BCUT2D eigenvalue weighted by Gasteiger charge is 2.06. The molecule has 5 N–H and O–H groups in total. The van der Waals surface area contributed by atoms with Crippen molar-refractivity contribution in [2.24, 2.45) is 11.6 Å². The van der Waals surface area contributed by atoms with Gasteiger partial charge in [-0.1, -0.05) is 12.1 Å². The molecule has 0 aliphatic heterocycles. The summed E-state index contributed by atoms with van der Waals surface area (Å²) in [6.07, 6.45) is 0. The van der Waals surface area contributed by atoms with Crippen molar-refractivity contribution in [3.63, 3.8) is 0 Å². The number of hydrogen-bond donors (Lipinski definition) is 3. The summed E-state index contributed by atoms with van der Waals surface area (Å²) in [4.78, 5) is 10.9. The van der Waals surface area contributed by atoms with Gasteiger partial charge in [-0.05, 0) is 12.1 Å². The molecule has 0 spiro atoms. The first-order valence-electron chi connectivity index (χ1n) is 3.71. The third-order valence-corrected chi connectivity index (χ3v) is 1.46. The quantitative estimate of drug-likeness (QED) is 0.334. The minimum absolute atomic E-state index is 0.129. The molecule has 5 nitrogen and oxygen atoms in total. The number of rotatable bonds is 4. The number of benzene rings is 1. The number of nitrogens with one attached hydrogen (secondary N) is 1. The van der Waals surface area contributed by atoms with Crippen molar-refractivity contribution in [3.8, 4) is 5.75 Å². The number of primary amides is 1. The molecule has 5 heteroatoms. The summed E-state index contributed by atoms with van der Waals surface area (Å²) < 4.78 is 5.11. The zero-order valence-electron chi connectivity index (χ0n) is 6.99. The van der Waals surface area contributed by atoms with Gasteiger partial charge in [-0.25, -0.2) is 5.43 Å². The molecule has 0 aliphatic carbocycles. The van der Waals surface area contributed by atoms with E-state index in [2.05, 4.69) is 5.43 Å². The van der Waals surface area contributed by atoms with Gasteiger partial charge in [-0.15, -0.1) is 0 Å². The lowest BCUT2D eigenvalue weighted by Gasteiger charge is -2.07. The van der Waals surface area contributed by atoms with Gasteiger partial charge in [0.1, 0.15) is 5.75 Å². The standard InChI is InChI=1S/C8H11N3O2/c9-8(12)6-3-1-2-4-7(6)13-5-11-10/h1-4,11H,5,10H2,(H2,9,12). The molecule has 70 valence electrons. The van der Waals surface area contributed by atoms with Gasteiger partial charge in [0.05, 0.1) is 5.56 Å². The zero-order chi connectivity index (χ0) is 9.68. The topological polar surface area (TPSA) is 90.4 Å². The van der Waals surface area contributed by atoms with Crippen molar-refractivity contribution >= 4 is 5.91 Å². The van der Waals surface area contributed by atoms with Crippen LogP contribution in [0.25, 0.3) is 0 Å². The van der Waals surface area contributed by atoms with Crippen LogP contribution in [0.15, 0.2) is 24.3 Å². The Morgan fingerprint density at radius 3 is 2.77 bits per heavy atom. The fourth-order valence-electron chi connectivity index (χ4n) is 0.915. The van der Waals surface area contributed by atoms with Crippen molar-refractivity contribution < 1.29 is 9.53 Å². The van der Waals surface area contributed by atoms with Crippen molar-refractivity contribution in [1.29, 1.82) is 0 Å². The van der Waals surface area contributed by atoms with Crippen molar-refractivity contribution in [2.75, 3.05) is 6.73 Å². The maximum Gasteiger partial charge on any atom is 0.252 e. The first-order valence-corrected chi connectivity index (χ1v) is 3.71. The van der Waals surface area contributed by atoms with E-state index in [1.807, 2.05) is 0 Å². The predicted molar refractivity (Wildman–Crippen MR) is 47.8 cm³/mol. The van der Waals surface area contributed by atoms with Crippen LogP contribution in [-0.4, -0.2) is 12.6 Å². The summed E-state index contributed by atoms with van der Waals surface area (Å²) in [7, 11) is 0. The van der Waals surface area contributed by atoms with Crippen LogP contribution in [0, 0.1) is 0 Å². The molecule has 1 amide bonds. The maximum atomic E-state index is 10.9. The summed E-state index contributed by atoms with van der Waals surface area (Å²) >= 11 is 0. The molecule has 0 aliphatic rings. The molecule has 0 saturated heterocycles. The second-order valence-electron chi connectivity index (χ2n) is 2.35. The molecule has 1 aromatic carbocycles. The van der Waals surface area contributed by atoms with Crippen LogP contribution in [0.2, 0.25) is 0 Å². The Balaban J connectivity index is 2.84. The Labute approximate surface area is 75.6 Å². The third kappa shape index (κ3) is 2.43. The van der Waals surface area contributed by atoms with E-state index in [-0.39, 0.29) is 6.73 Å². The number of hydrogen-bond acceptors (Lipinski definition) is 4. The normalized spacial score (nSPS) is 9.62. The molecule has 0 saturated carbocycles. The second kappa shape index (κ2) is 4.44. The van der Waals surface area contributed by atoms with Crippen LogP contribution in [0.5, 0.6) is 5.75 Å². The number of carbonyl (C=O) groups excluding carboxylic acids is 1. The first kappa shape index (κ1) is 9.50. The molecule has 1 rings (SSSR count). The minimum atomic E-state index is -0.521. The Kier molecular flexibility index (Phi) is 3.24. The van der Waals surface area contributed by atoms with Crippen LogP contribution in [0.1, 0.15) is 10.4 Å². The molecule has 0 atom stereocenters. The van der Waals surface area contributed by atoms with Crippen molar-refractivity contribution in [3.05, 3.63) is 29.8 Å². The van der Waals surface area contributed by atoms with E-state index < -0.39 is 5.91 Å². The van der Waals surface area contributed by atoms with Gasteiger partial charge < -0.3 is 10.5 Å². The average Bonchev–Trinajstić information content (AvgIpc) is 2.15. The number of para-hydroxylation sites is 1. The van der Waals surface area contributed by atoms with E-state index in [0.29, 0.717) is 11.3 Å². The summed E-state index contributed by atoms with van der Waals surface area (Å²) in [5, 5.41) is 0. The molecular formula is C8H11N3O2. The lowest BCUT2D eigenvalue weighted by Crippen LogP contribution is -2.27. The molecule has 0 radical (unpaired) electrons. The van der Waals surface area contributed by atoms with E-state index >= 15 is 0 Å². The molecule has 0 aromatic heterocycles. The second-order valence-corrected chi connectivity index (χ2v) is 2.35. The zero-order valence-corrected chi connectivity index (χ0v) is 6.99. The Morgan fingerprint density at radius 2 is 2.15 bits per heavy atom. The van der Waals surface area contributed by atoms with Gasteiger partial charge >= 0.3 is 0 Å². The fourth-order valence-corrected chi connectivity index (χ4v) is 0.915. The lowest BCUT2D eigenvalue weighted by molar-refractivity contribution is 0.0996. The van der Waals surface area contributed by atoms with E-state index in [0.717, 1.165) is 0 Å². The number of amides is 1. The van der Waals surface area contributed by atoms with Crippen LogP contribution < -0.4 is 21.7 Å². The lowest BCUT2D eigenvalue weighted by atomic mass is 10.2. The van der Waals surface area contributed by atoms with Gasteiger partial charge in [-0.3, -0.25) is 10.6 Å². The number of hydrazine groups is 1. The van der Waals surface area contributed by atoms with Gasteiger partial charge in [-0.2, -0.15) is 0 Å². The molecule has 13 heavy (non-hydrogen) atoms. The minimum Gasteiger partial charge on any atom is -0.476 e. The van der Waals surface area contributed by atoms with Crippen LogP contribution in [0.3, 0.4) is 0 Å². The number of ether oxygens (including phenoxy) is 1. The van der Waals surface area contributed by atoms with Crippen LogP contribution >= 0.6 is 0 Å². The third-order valence-electron chi connectivity index (χ3n) is 1.46. The van der Waals surface area contributed by atoms with E-state index in [9.17, 15) is 4.79 Å². The highest BCUT2D eigenvalue weighted by Crippen LogP contribution is 2.16. The Morgan fingerprint density at radius 1 is 1.46 bits per heavy atom. The summed E-state index contributed by atoms with van der Waals surface area (Å²) in [6.45, 7) is 0.129. The number of nitrogens with two attached hydrogens (primary N) is 2. The monoisotopic (exact) mass is 181 g/mol. The summed E-state index contributed by atoms with van der Waals surface area (Å²) in [5.74, 6) is 4.91. The van der Waals surface area contributed by atoms with Crippen molar-refractivity contribution in [2.45, 2.75) is 0 Å². The van der Waals surface area contributed by atoms with Crippen LogP contribution in [0.4, 0.5) is 0 Å². The molecular weight excluding hydrogens is 170 g/mol. The van der Waals surface area contributed by atoms with Gasteiger partial charge in [0.25, 0.3) is 5.91 Å².